The number of amides is 1. The van der Waals surface area contributed by atoms with Crippen molar-refractivity contribution in [3.63, 3.8) is 0 Å². The number of fused-ring (bicyclic) bond motifs is 1. The molecule has 0 atom stereocenters. The first kappa shape index (κ1) is 26.6. The predicted molar refractivity (Wildman–Crippen MR) is 160 cm³/mol. The molecule has 3 aromatic carbocycles. The van der Waals surface area contributed by atoms with Crippen LogP contribution in [0.2, 0.25) is 0 Å². The van der Waals surface area contributed by atoms with Crippen LogP contribution in [0.4, 0.5) is 0 Å². The van der Waals surface area contributed by atoms with Crippen molar-refractivity contribution < 1.29 is 4.79 Å². The summed E-state index contributed by atoms with van der Waals surface area (Å²) in [7, 11) is 0. The zero-order valence-electron chi connectivity index (χ0n) is 22.6. The van der Waals surface area contributed by atoms with Crippen LogP contribution >= 0.6 is 0 Å². The number of rotatable bonds is 8. The van der Waals surface area contributed by atoms with Crippen LogP contribution in [0.25, 0.3) is 33.0 Å². The van der Waals surface area contributed by atoms with Gasteiger partial charge in [-0.2, -0.15) is 4.99 Å². The maximum Gasteiger partial charge on any atom is 0.250 e. The summed E-state index contributed by atoms with van der Waals surface area (Å²) in [6.45, 7) is 10.8. The van der Waals surface area contributed by atoms with E-state index in [2.05, 4.69) is 80.9 Å². The number of nitrogens with two attached hydrogens (primary N) is 1. The van der Waals surface area contributed by atoms with Crippen molar-refractivity contribution in [1.82, 2.24) is 0 Å². The number of carbonyl (C=O) groups is 1. The Balaban J connectivity index is 1.65. The molecule has 0 radical (unpaired) electrons. The Morgan fingerprint density at radius 1 is 1.00 bits per heavy atom. The molecule has 1 amide bonds. The van der Waals surface area contributed by atoms with Crippen molar-refractivity contribution in [3.8, 4) is 11.1 Å². The summed E-state index contributed by atoms with van der Waals surface area (Å²) < 4.78 is 0. The second-order valence-electron chi connectivity index (χ2n) is 10.3. The van der Waals surface area contributed by atoms with Crippen molar-refractivity contribution in [1.29, 1.82) is 0 Å². The summed E-state index contributed by atoms with van der Waals surface area (Å²) in [6.07, 6.45) is 10.8. The molecule has 0 aromatic heterocycles. The van der Waals surface area contributed by atoms with Gasteiger partial charge in [0.25, 0.3) is 5.91 Å². The Morgan fingerprint density at radius 3 is 2.35 bits per heavy atom. The second-order valence-corrected chi connectivity index (χ2v) is 10.3. The number of hydrogen-bond acceptors (Lipinski definition) is 1. The fraction of sp³-hybridized carbons (Fsp3) is 0.353. The molecule has 3 heteroatoms. The molecule has 37 heavy (non-hydrogen) atoms. The first-order chi connectivity index (χ1) is 17.9. The largest absolute Gasteiger partial charge is 0.383 e. The molecule has 1 fully saturated rings. The fourth-order valence-electron chi connectivity index (χ4n) is 5.51. The standard InChI is InChI=1S/C34H40N2O/c1-5-10-25(11-6-2)32-30(23(3)4)20-19-29-22-28(18-21-31(29)32)24-14-16-26(17-15-24)33(35)36-34(37)27-12-8-7-9-13-27/h10,14-22,27H,3,5-9,11-13H2,1-2,4H3,(H2,35,36,37)/b25-10+. The second kappa shape index (κ2) is 12.2. The van der Waals surface area contributed by atoms with E-state index in [-0.39, 0.29) is 11.8 Å². The molecule has 2 N–H and O–H groups in total. The number of nitrogens with zero attached hydrogens (tertiary/aromatic N) is 1. The Labute approximate surface area is 222 Å². The van der Waals surface area contributed by atoms with Gasteiger partial charge in [-0.05, 0) is 77.3 Å². The van der Waals surface area contributed by atoms with E-state index in [9.17, 15) is 4.79 Å². The number of aliphatic imine (C=N–C) groups is 1. The lowest BCUT2D eigenvalue weighted by Gasteiger charge is -2.18. The molecule has 0 saturated heterocycles. The minimum absolute atomic E-state index is 0.0319. The molecule has 1 aliphatic carbocycles. The number of carbonyl (C=O) groups excluding carboxylic acids is 1. The SMILES string of the molecule is C=C(C)c1ccc2cc(-c3ccc(C(N)=NC(=O)C4CCCCC4)cc3)ccc2c1/C(=C/CC)CCC. The van der Waals surface area contributed by atoms with Gasteiger partial charge in [0.2, 0.25) is 0 Å². The molecular weight excluding hydrogens is 452 g/mol. The normalized spacial score (nSPS) is 15.2. The quantitative estimate of drug-likeness (QED) is 0.252. The molecule has 4 rings (SSSR count). The van der Waals surface area contributed by atoms with Crippen LogP contribution in [-0.4, -0.2) is 11.7 Å². The Morgan fingerprint density at radius 2 is 1.70 bits per heavy atom. The van der Waals surface area contributed by atoms with Gasteiger partial charge < -0.3 is 5.73 Å². The third-order valence-electron chi connectivity index (χ3n) is 7.47. The summed E-state index contributed by atoms with van der Waals surface area (Å²) in [5.74, 6) is 0.272. The van der Waals surface area contributed by atoms with Gasteiger partial charge in [-0.25, -0.2) is 0 Å². The van der Waals surface area contributed by atoms with Crippen LogP contribution in [0.1, 0.15) is 88.8 Å². The molecule has 0 heterocycles. The molecule has 0 spiro atoms. The first-order valence-corrected chi connectivity index (χ1v) is 13.8. The third kappa shape index (κ3) is 6.10. The molecule has 3 aromatic rings. The van der Waals surface area contributed by atoms with Crippen molar-refractivity contribution in [2.75, 3.05) is 0 Å². The zero-order chi connectivity index (χ0) is 26.4. The summed E-state index contributed by atoms with van der Waals surface area (Å²) in [5.41, 5.74) is 14.3. The lowest BCUT2D eigenvalue weighted by molar-refractivity contribution is -0.122. The number of benzene rings is 3. The smallest absolute Gasteiger partial charge is 0.250 e. The van der Waals surface area contributed by atoms with Gasteiger partial charge in [0.1, 0.15) is 5.84 Å². The van der Waals surface area contributed by atoms with Crippen LogP contribution < -0.4 is 5.73 Å². The molecule has 1 saturated carbocycles. The zero-order valence-corrected chi connectivity index (χ0v) is 22.6. The van der Waals surface area contributed by atoms with Crippen molar-refractivity contribution in [2.45, 2.75) is 72.1 Å². The highest BCUT2D eigenvalue weighted by molar-refractivity contribution is 6.05. The van der Waals surface area contributed by atoms with E-state index in [1.807, 2.05) is 12.1 Å². The van der Waals surface area contributed by atoms with E-state index in [0.29, 0.717) is 5.84 Å². The monoisotopic (exact) mass is 492 g/mol. The van der Waals surface area contributed by atoms with E-state index >= 15 is 0 Å². The average Bonchev–Trinajstić information content (AvgIpc) is 2.92. The molecule has 1 aliphatic rings. The minimum atomic E-state index is -0.0692. The van der Waals surface area contributed by atoms with Crippen LogP contribution in [0.3, 0.4) is 0 Å². The predicted octanol–water partition coefficient (Wildman–Crippen LogP) is 8.95. The van der Waals surface area contributed by atoms with Gasteiger partial charge in [0, 0.05) is 11.5 Å². The summed E-state index contributed by atoms with van der Waals surface area (Å²) in [5, 5.41) is 2.49. The van der Waals surface area contributed by atoms with Gasteiger partial charge in [-0.3, -0.25) is 4.79 Å². The molecular formula is C34H40N2O. The maximum atomic E-state index is 12.5. The van der Waals surface area contributed by atoms with Gasteiger partial charge >= 0.3 is 0 Å². The fourth-order valence-corrected chi connectivity index (χ4v) is 5.51. The molecule has 3 nitrogen and oxygen atoms in total. The lowest BCUT2D eigenvalue weighted by Crippen LogP contribution is -2.21. The van der Waals surface area contributed by atoms with E-state index < -0.39 is 0 Å². The average molecular weight is 493 g/mol. The lowest BCUT2D eigenvalue weighted by atomic mass is 9.87. The third-order valence-corrected chi connectivity index (χ3v) is 7.47. The Kier molecular flexibility index (Phi) is 8.76. The summed E-state index contributed by atoms with van der Waals surface area (Å²) in [4.78, 5) is 16.8. The number of hydrogen-bond donors (Lipinski definition) is 1. The van der Waals surface area contributed by atoms with E-state index in [1.54, 1.807) is 0 Å². The highest BCUT2D eigenvalue weighted by atomic mass is 16.1. The molecule has 0 bridgehead atoms. The van der Waals surface area contributed by atoms with Gasteiger partial charge in [0.15, 0.2) is 0 Å². The molecule has 192 valence electrons. The van der Waals surface area contributed by atoms with Crippen molar-refractivity contribution >= 4 is 33.7 Å². The van der Waals surface area contributed by atoms with Crippen LogP contribution in [-0.2, 0) is 4.79 Å². The summed E-state index contributed by atoms with van der Waals surface area (Å²) in [6, 6.07) is 19.2. The number of amidine groups is 1. The van der Waals surface area contributed by atoms with Crippen molar-refractivity contribution in [3.05, 3.63) is 83.9 Å². The summed E-state index contributed by atoms with van der Waals surface area (Å²) >= 11 is 0. The first-order valence-electron chi connectivity index (χ1n) is 13.8. The highest BCUT2D eigenvalue weighted by Crippen LogP contribution is 2.36. The maximum absolute atomic E-state index is 12.5. The Bertz CT molecular complexity index is 1340. The van der Waals surface area contributed by atoms with Crippen LogP contribution in [0.15, 0.2) is 72.2 Å². The highest BCUT2D eigenvalue weighted by Gasteiger charge is 2.21. The van der Waals surface area contributed by atoms with Crippen molar-refractivity contribution in [2.24, 2.45) is 16.6 Å². The van der Waals surface area contributed by atoms with Crippen LogP contribution in [0.5, 0.6) is 0 Å². The van der Waals surface area contributed by atoms with E-state index in [1.165, 1.54) is 33.9 Å². The van der Waals surface area contributed by atoms with Gasteiger partial charge in [-0.1, -0.05) is 106 Å². The van der Waals surface area contributed by atoms with Gasteiger partial charge in [0.05, 0.1) is 0 Å². The van der Waals surface area contributed by atoms with E-state index in [4.69, 9.17) is 5.73 Å². The molecule has 0 unspecified atom stereocenters. The van der Waals surface area contributed by atoms with E-state index in [0.717, 1.165) is 67.2 Å². The number of allylic oxidation sites excluding steroid dienone is 3. The van der Waals surface area contributed by atoms with Crippen LogP contribution in [0, 0.1) is 5.92 Å². The minimum Gasteiger partial charge on any atom is -0.383 e. The Hall–Kier alpha value is -3.46. The molecule has 0 aliphatic heterocycles. The van der Waals surface area contributed by atoms with Gasteiger partial charge in [-0.15, -0.1) is 0 Å². The topological polar surface area (TPSA) is 55.4 Å².